The van der Waals surface area contributed by atoms with E-state index in [0.717, 1.165) is 19.5 Å². The minimum atomic E-state index is -3.22. The lowest BCUT2D eigenvalue weighted by Gasteiger charge is -2.30. The average Bonchev–Trinajstić information content (AvgIpc) is 2.46. The van der Waals surface area contributed by atoms with Crippen molar-refractivity contribution in [3.05, 3.63) is 35.9 Å². The Hall–Kier alpha value is -0.950. The number of aryl methyl sites for hydroxylation is 1. The molecule has 0 aliphatic carbocycles. The Balaban J connectivity index is 1.69. The number of hydrogen-bond acceptors (Lipinski definition) is 4. The third-order valence-electron chi connectivity index (χ3n) is 3.59. The third-order valence-corrected chi connectivity index (χ3v) is 5.03. The molecule has 1 N–H and O–H groups in total. The summed E-state index contributed by atoms with van der Waals surface area (Å²) < 4.78 is 32.1. The molecule has 0 bridgehead atoms. The standard InChI is InChI=1S/C15H24N2O3S/c1-17-9-10-20-15(13-17)12-16-21(18,19)11-5-8-14-6-3-2-4-7-14/h2-4,6-7,15-16H,5,8-13H2,1H3. The molecule has 1 aliphatic heterocycles. The molecule has 0 aromatic heterocycles. The molecule has 5 nitrogen and oxygen atoms in total. The second-order valence-corrected chi connectivity index (χ2v) is 7.44. The van der Waals surface area contributed by atoms with Gasteiger partial charge >= 0.3 is 0 Å². The summed E-state index contributed by atoms with van der Waals surface area (Å²) in [4.78, 5) is 2.15. The Morgan fingerprint density at radius 1 is 1.33 bits per heavy atom. The van der Waals surface area contributed by atoms with Crippen LogP contribution in [-0.2, 0) is 21.2 Å². The summed E-state index contributed by atoms with van der Waals surface area (Å²) in [6, 6.07) is 9.94. The summed E-state index contributed by atoms with van der Waals surface area (Å²) in [7, 11) is -1.20. The maximum Gasteiger partial charge on any atom is 0.211 e. The highest BCUT2D eigenvalue weighted by molar-refractivity contribution is 7.89. The number of nitrogens with zero attached hydrogens (tertiary/aromatic N) is 1. The van der Waals surface area contributed by atoms with E-state index in [-0.39, 0.29) is 11.9 Å². The van der Waals surface area contributed by atoms with Gasteiger partial charge in [-0.15, -0.1) is 0 Å². The van der Waals surface area contributed by atoms with E-state index in [1.165, 1.54) is 5.56 Å². The van der Waals surface area contributed by atoms with Gasteiger partial charge in [-0.2, -0.15) is 0 Å². The molecule has 2 rings (SSSR count). The summed E-state index contributed by atoms with van der Waals surface area (Å²) in [6.07, 6.45) is 1.36. The maximum absolute atomic E-state index is 12.0. The van der Waals surface area contributed by atoms with Crippen molar-refractivity contribution in [3.8, 4) is 0 Å². The Bertz CT molecular complexity index is 519. The Morgan fingerprint density at radius 3 is 2.81 bits per heavy atom. The van der Waals surface area contributed by atoms with Gasteiger partial charge in [0.2, 0.25) is 10.0 Å². The minimum absolute atomic E-state index is 0.0485. The summed E-state index contributed by atoms with van der Waals surface area (Å²) >= 11 is 0. The molecule has 1 aliphatic rings. The Kier molecular flexibility index (Phi) is 6.17. The average molecular weight is 312 g/mol. The summed E-state index contributed by atoms with van der Waals surface area (Å²) in [5.74, 6) is 0.157. The van der Waals surface area contributed by atoms with Gasteiger partial charge in [-0.1, -0.05) is 30.3 Å². The fourth-order valence-corrected chi connectivity index (χ4v) is 3.50. The van der Waals surface area contributed by atoms with E-state index in [1.807, 2.05) is 37.4 Å². The normalized spacial score (nSPS) is 20.5. The number of hydrogen-bond donors (Lipinski definition) is 1. The molecule has 0 saturated carbocycles. The second-order valence-electron chi connectivity index (χ2n) is 5.51. The van der Waals surface area contributed by atoms with Crippen LogP contribution in [0.5, 0.6) is 0 Å². The molecule has 6 heteroatoms. The monoisotopic (exact) mass is 312 g/mol. The third kappa shape index (κ3) is 6.13. The van der Waals surface area contributed by atoms with Crippen LogP contribution in [0.2, 0.25) is 0 Å². The Morgan fingerprint density at radius 2 is 2.10 bits per heavy atom. The molecule has 0 spiro atoms. The van der Waals surface area contributed by atoms with Gasteiger partial charge in [-0.3, -0.25) is 0 Å². The zero-order valence-corrected chi connectivity index (χ0v) is 13.3. The van der Waals surface area contributed by atoms with Crippen molar-refractivity contribution >= 4 is 10.0 Å². The van der Waals surface area contributed by atoms with E-state index < -0.39 is 10.0 Å². The molecule has 1 atom stereocenters. The van der Waals surface area contributed by atoms with E-state index in [0.29, 0.717) is 19.6 Å². The van der Waals surface area contributed by atoms with Crippen molar-refractivity contribution in [1.29, 1.82) is 0 Å². The van der Waals surface area contributed by atoms with Crippen molar-refractivity contribution < 1.29 is 13.2 Å². The van der Waals surface area contributed by atoms with Gasteiger partial charge in [0.05, 0.1) is 18.5 Å². The number of sulfonamides is 1. The lowest BCUT2D eigenvalue weighted by molar-refractivity contribution is -0.0156. The van der Waals surface area contributed by atoms with Gasteiger partial charge in [0, 0.05) is 19.6 Å². The Labute approximate surface area is 127 Å². The maximum atomic E-state index is 12.0. The molecule has 1 fully saturated rings. The number of morpholine rings is 1. The summed E-state index contributed by atoms with van der Waals surface area (Å²) in [5.41, 5.74) is 1.17. The number of rotatable bonds is 7. The molecule has 1 heterocycles. The minimum Gasteiger partial charge on any atom is -0.374 e. The predicted octanol–water partition coefficient (Wildman–Crippen LogP) is 0.869. The molecule has 118 valence electrons. The van der Waals surface area contributed by atoms with Crippen LogP contribution in [0, 0.1) is 0 Å². The lowest BCUT2D eigenvalue weighted by Crippen LogP contribution is -2.46. The fourth-order valence-electron chi connectivity index (χ4n) is 2.39. The first-order chi connectivity index (χ1) is 10.1. The highest BCUT2D eigenvalue weighted by Crippen LogP contribution is 2.05. The molecule has 1 unspecified atom stereocenters. The molecule has 21 heavy (non-hydrogen) atoms. The molecule has 1 saturated heterocycles. The summed E-state index contributed by atoms with van der Waals surface area (Å²) in [6.45, 7) is 2.70. The second kappa shape index (κ2) is 7.89. The van der Waals surface area contributed by atoms with Crippen LogP contribution >= 0.6 is 0 Å². The quantitative estimate of drug-likeness (QED) is 0.812. The number of ether oxygens (including phenoxy) is 1. The van der Waals surface area contributed by atoms with Crippen molar-refractivity contribution in [3.63, 3.8) is 0 Å². The van der Waals surface area contributed by atoms with E-state index >= 15 is 0 Å². The van der Waals surface area contributed by atoms with E-state index in [1.54, 1.807) is 0 Å². The van der Waals surface area contributed by atoms with Crippen LogP contribution in [0.3, 0.4) is 0 Å². The van der Waals surface area contributed by atoms with Gasteiger partial charge in [0.25, 0.3) is 0 Å². The van der Waals surface area contributed by atoms with Gasteiger partial charge in [-0.05, 0) is 25.5 Å². The first kappa shape index (κ1) is 16.4. The SMILES string of the molecule is CN1CCOC(CNS(=O)(=O)CCCc2ccccc2)C1. The molecular weight excluding hydrogens is 288 g/mol. The van der Waals surface area contributed by atoms with Crippen molar-refractivity contribution in [2.24, 2.45) is 0 Å². The molecule has 1 aromatic carbocycles. The van der Waals surface area contributed by atoms with Gasteiger partial charge in [-0.25, -0.2) is 13.1 Å². The van der Waals surface area contributed by atoms with Crippen LogP contribution in [0.15, 0.2) is 30.3 Å². The topological polar surface area (TPSA) is 58.6 Å². The van der Waals surface area contributed by atoms with E-state index in [9.17, 15) is 8.42 Å². The van der Waals surface area contributed by atoms with Crippen molar-refractivity contribution in [2.45, 2.75) is 18.9 Å². The lowest BCUT2D eigenvalue weighted by atomic mass is 10.1. The molecular formula is C15H24N2O3S. The molecule has 0 amide bonds. The number of nitrogens with one attached hydrogen (secondary N) is 1. The largest absolute Gasteiger partial charge is 0.374 e. The van der Waals surface area contributed by atoms with E-state index in [2.05, 4.69) is 9.62 Å². The van der Waals surface area contributed by atoms with Gasteiger partial charge in [0.15, 0.2) is 0 Å². The van der Waals surface area contributed by atoms with Gasteiger partial charge in [0.1, 0.15) is 0 Å². The summed E-state index contributed by atoms with van der Waals surface area (Å²) in [5, 5.41) is 0. The van der Waals surface area contributed by atoms with Crippen molar-refractivity contribution in [1.82, 2.24) is 9.62 Å². The van der Waals surface area contributed by atoms with Crippen LogP contribution in [0.4, 0.5) is 0 Å². The van der Waals surface area contributed by atoms with E-state index in [4.69, 9.17) is 4.74 Å². The van der Waals surface area contributed by atoms with Gasteiger partial charge < -0.3 is 9.64 Å². The first-order valence-corrected chi connectivity index (χ1v) is 9.02. The number of benzene rings is 1. The highest BCUT2D eigenvalue weighted by Gasteiger charge is 2.20. The van der Waals surface area contributed by atoms with Crippen LogP contribution < -0.4 is 4.72 Å². The van der Waals surface area contributed by atoms with Crippen molar-refractivity contribution in [2.75, 3.05) is 39.0 Å². The zero-order valence-electron chi connectivity index (χ0n) is 12.5. The smallest absolute Gasteiger partial charge is 0.211 e. The first-order valence-electron chi connectivity index (χ1n) is 7.36. The van der Waals surface area contributed by atoms with Crippen LogP contribution in [0.1, 0.15) is 12.0 Å². The highest BCUT2D eigenvalue weighted by atomic mass is 32.2. The number of likely N-dealkylation sites (N-methyl/N-ethyl adjacent to an activating group) is 1. The fraction of sp³-hybridized carbons (Fsp3) is 0.600. The molecule has 0 radical (unpaired) electrons. The van der Waals surface area contributed by atoms with Crippen LogP contribution in [0.25, 0.3) is 0 Å². The predicted molar refractivity (Wildman–Crippen MR) is 83.8 cm³/mol. The molecule has 1 aromatic rings. The zero-order chi connectivity index (χ0) is 15.1. The van der Waals surface area contributed by atoms with Crippen LogP contribution in [-0.4, -0.2) is 58.5 Å².